The van der Waals surface area contributed by atoms with Crippen LogP contribution in [0.5, 0.6) is 0 Å². The summed E-state index contributed by atoms with van der Waals surface area (Å²) in [5.41, 5.74) is -1.53. The monoisotopic (exact) mass is 780 g/mol. The van der Waals surface area contributed by atoms with Crippen molar-refractivity contribution in [1.82, 2.24) is 19.8 Å². The van der Waals surface area contributed by atoms with Gasteiger partial charge in [0.05, 0.1) is 18.3 Å². The van der Waals surface area contributed by atoms with Crippen molar-refractivity contribution in [3.8, 4) is 0 Å². The highest BCUT2D eigenvalue weighted by atomic mass is 32.2. The van der Waals surface area contributed by atoms with E-state index in [9.17, 15) is 41.6 Å². The Kier molecular flexibility index (Phi) is 9.70. The quantitative estimate of drug-likeness (QED) is 0.275. The Morgan fingerprint density at radius 3 is 2.49 bits per heavy atom. The van der Waals surface area contributed by atoms with Crippen LogP contribution in [0.3, 0.4) is 0 Å². The third kappa shape index (κ3) is 7.11. The molecule has 4 amide bonds. The van der Waals surface area contributed by atoms with Crippen LogP contribution < -0.4 is 31.1 Å². The minimum Gasteiger partial charge on any atom is -0.444 e. The molecule has 15 nitrogen and oxygen atoms in total. The summed E-state index contributed by atoms with van der Waals surface area (Å²) in [6, 6.07) is 2.35. The second kappa shape index (κ2) is 14.4. The van der Waals surface area contributed by atoms with Crippen molar-refractivity contribution < 1.29 is 36.7 Å². The van der Waals surface area contributed by atoms with E-state index in [0.717, 1.165) is 25.7 Å². The van der Waals surface area contributed by atoms with E-state index < -0.39 is 85.4 Å². The Morgan fingerprint density at radius 2 is 1.75 bits per heavy atom. The number of anilines is 2. The largest absolute Gasteiger partial charge is 0.444 e. The highest BCUT2D eigenvalue weighted by Gasteiger charge is 2.62. The van der Waals surface area contributed by atoms with Crippen molar-refractivity contribution in [2.75, 3.05) is 29.9 Å². The van der Waals surface area contributed by atoms with Crippen LogP contribution in [0, 0.1) is 11.7 Å². The smallest absolute Gasteiger partial charge is 0.410 e. The van der Waals surface area contributed by atoms with Gasteiger partial charge in [0.25, 0.3) is 16.8 Å². The molecule has 17 heteroatoms. The van der Waals surface area contributed by atoms with Gasteiger partial charge in [0, 0.05) is 37.5 Å². The topological polar surface area (TPSA) is 192 Å². The number of benzene rings is 1. The summed E-state index contributed by atoms with van der Waals surface area (Å²) < 4.78 is 48.2. The Balaban J connectivity index is 1.07. The van der Waals surface area contributed by atoms with Crippen LogP contribution in [0.25, 0.3) is 0 Å². The number of ether oxygens (including phenoxy) is 1. The van der Waals surface area contributed by atoms with Gasteiger partial charge in [-0.3, -0.25) is 33.6 Å². The van der Waals surface area contributed by atoms with Gasteiger partial charge in [-0.05, 0) is 63.0 Å². The van der Waals surface area contributed by atoms with Crippen molar-refractivity contribution in [2.45, 2.75) is 113 Å². The molecule has 4 aliphatic heterocycles. The molecule has 6 aliphatic rings. The van der Waals surface area contributed by atoms with E-state index >= 15 is 0 Å². The molecule has 2 aliphatic carbocycles. The summed E-state index contributed by atoms with van der Waals surface area (Å²) in [6.07, 6.45) is 7.61. The van der Waals surface area contributed by atoms with Gasteiger partial charge in [-0.25, -0.2) is 17.6 Å². The van der Waals surface area contributed by atoms with Gasteiger partial charge < -0.3 is 25.2 Å². The fourth-order valence-corrected chi connectivity index (χ4v) is 9.87. The fourth-order valence-electron chi connectivity index (χ4n) is 8.50. The zero-order valence-corrected chi connectivity index (χ0v) is 31.2. The SMILES string of the molecule is O=C1N[C@]2(C(=O)NS(=O)(=O)C3CC3)C[C@H]2C=CCCCCC[C@H](Nc2c(N3CCCC3)c(=O)c2=O)C(=O)N2C[C@H](OC(=O)N3Cc4cccc(F)c4C3)C[C@@H]12. The Bertz CT molecular complexity index is 2130. The van der Waals surface area contributed by atoms with Crippen LogP contribution in [-0.2, 0) is 42.2 Å². The van der Waals surface area contributed by atoms with Crippen LogP contribution in [0.15, 0.2) is 39.9 Å². The molecular weight excluding hydrogens is 736 g/mol. The van der Waals surface area contributed by atoms with Crippen LogP contribution in [0.1, 0.15) is 81.8 Å². The number of sulfonamides is 1. The molecule has 2 saturated carbocycles. The third-order valence-electron chi connectivity index (χ3n) is 11.9. The second-order valence-corrected chi connectivity index (χ2v) is 17.7. The summed E-state index contributed by atoms with van der Waals surface area (Å²) >= 11 is 0. The number of fused-ring (bicyclic) bond motifs is 3. The highest BCUT2D eigenvalue weighted by molar-refractivity contribution is 7.91. The first kappa shape index (κ1) is 37.1. The zero-order chi connectivity index (χ0) is 38.6. The molecule has 8 rings (SSSR count). The first-order chi connectivity index (χ1) is 26.4. The molecular formula is C38H45FN6O9S. The molecule has 0 bridgehead atoms. The van der Waals surface area contributed by atoms with Crippen molar-refractivity contribution in [2.24, 2.45) is 5.92 Å². The van der Waals surface area contributed by atoms with Gasteiger partial charge >= 0.3 is 6.09 Å². The van der Waals surface area contributed by atoms with Crippen molar-refractivity contribution >= 4 is 45.2 Å². The summed E-state index contributed by atoms with van der Waals surface area (Å²) in [5.74, 6) is -3.05. The Morgan fingerprint density at radius 1 is 0.964 bits per heavy atom. The maximum Gasteiger partial charge on any atom is 0.410 e. The number of nitrogens with zero attached hydrogens (tertiary/aromatic N) is 3. The molecule has 2 aromatic rings. The lowest BCUT2D eigenvalue weighted by Gasteiger charge is -2.31. The first-order valence-electron chi connectivity index (χ1n) is 19.3. The average molecular weight is 781 g/mol. The van der Waals surface area contributed by atoms with E-state index in [-0.39, 0.29) is 50.3 Å². The summed E-state index contributed by atoms with van der Waals surface area (Å²) in [4.78, 5) is 86.2. The predicted molar refractivity (Wildman–Crippen MR) is 198 cm³/mol. The third-order valence-corrected chi connectivity index (χ3v) is 13.7. The van der Waals surface area contributed by atoms with Crippen LogP contribution in [0.2, 0.25) is 0 Å². The summed E-state index contributed by atoms with van der Waals surface area (Å²) in [5, 5.41) is 5.22. The van der Waals surface area contributed by atoms with Gasteiger partial charge in [-0.15, -0.1) is 0 Å². The van der Waals surface area contributed by atoms with Crippen LogP contribution >= 0.6 is 0 Å². The molecule has 2 aromatic carbocycles. The van der Waals surface area contributed by atoms with Crippen LogP contribution in [-0.4, -0.2) is 90.6 Å². The molecule has 4 heterocycles. The number of nitrogens with one attached hydrogen (secondary N) is 3. The molecule has 4 fully saturated rings. The van der Waals surface area contributed by atoms with Crippen molar-refractivity contribution in [3.05, 3.63) is 67.7 Å². The van der Waals surface area contributed by atoms with Gasteiger partial charge in [0.2, 0.25) is 21.8 Å². The molecule has 2 saturated heterocycles. The minimum absolute atomic E-state index is 0.0103. The first-order valence-corrected chi connectivity index (χ1v) is 20.8. The lowest BCUT2D eigenvalue weighted by molar-refractivity contribution is -0.140. The zero-order valence-electron chi connectivity index (χ0n) is 30.4. The van der Waals surface area contributed by atoms with E-state index in [1.54, 1.807) is 12.1 Å². The van der Waals surface area contributed by atoms with E-state index in [1.807, 2.05) is 17.1 Å². The van der Waals surface area contributed by atoms with Gasteiger partial charge in [-0.2, -0.15) is 0 Å². The van der Waals surface area contributed by atoms with E-state index in [4.69, 9.17) is 4.74 Å². The molecule has 0 aromatic heterocycles. The number of hydrogen-bond donors (Lipinski definition) is 3. The van der Waals surface area contributed by atoms with E-state index in [0.29, 0.717) is 49.9 Å². The average Bonchev–Trinajstić information content (AvgIpc) is 3.93. The molecule has 55 heavy (non-hydrogen) atoms. The number of hydrogen-bond acceptors (Lipinski definition) is 11. The van der Waals surface area contributed by atoms with Crippen LogP contribution in [0.4, 0.5) is 20.6 Å². The normalized spacial score (nSPS) is 28.5. The molecule has 0 unspecified atom stereocenters. The lowest BCUT2D eigenvalue weighted by atomic mass is 10.0. The van der Waals surface area contributed by atoms with Crippen molar-refractivity contribution in [1.29, 1.82) is 0 Å². The standard InChI is InChI=1S/C38H45FN6O9S/c39-27-11-8-9-22-19-44(21-26(22)27)37(51)54-24-17-29-34(48)41-38(36(50)42-55(52,53)25-13-14-25)18-23(38)10-4-2-1-3-5-12-28(35(49)45(29)20-24)40-30-31(33(47)32(30)46)43-15-6-7-16-43/h4,8-11,23-25,28-29,40H,1-3,5-7,12-21H2,(H,41,48)(H,42,50)/t23-,24-,28+,29+,38-/m1/s1. The Labute approximate surface area is 317 Å². The van der Waals surface area contributed by atoms with E-state index in [2.05, 4.69) is 15.4 Å². The van der Waals surface area contributed by atoms with Crippen molar-refractivity contribution in [3.63, 3.8) is 0 Å². The van der Waals surface area contributed by atoms with Gasteiger partial charge in [-0.1, -0.05) is 37.1 Å². The number of carbonyl (C=O) groups excluding carboxylic acids is 4. The number of amides is 4. The molecule has 5 atom stereocenters. The predicted octanol–water partition coefficient (Wildman–Crippen LogP) is 1.93. The number of halogens is 1. The maximum atomic E-state index is 14.6. The molecule has 294 valence electrons. The minimum atomic E-state index is -3.94. The number of carbonyl (C=O) groups is 4. The summed E-state index contributed by atoms with van der Waals surface area (Å²) in [7, 11) is -3.94. The van der Waals surface area contributed by atoms with E-state index in [1.165, 1.54) is 15.9 Å². The molecule has 0 spiro atoms. The number of allylic oxidation sites excluding steroid dienone is 1. The van der Waals surface area contributed by atoms with Gasteiger partial charge in [0.1, 0.15) is 40.9 Å². The highest BCUT2D eigenvalue weighted by Crippen LogP contribution is 2.46. The van der Waals surface area contributed by atoms with Gasteiger partial charge in [0.15, 0.2) is 0 Å². The second-order valence-electron chi connectivity index (χ2n) is 15.8. The Hall–Kier alpha value is -4.80. The maximum absolute atomic E-state index is 14.6. The molecule has 3 N–H and O–H groups in total. The molecule has 0 radical (unpaired) electrons. The lowest BCUT2D eigenvalue weighted by Crippen LogP contribution is -2.58. The summed E-state index contributed by atoms with van der Waals surface area (Å²) in [6.45, 7) is 1.14. The number of rotatable bonds is 7. The fraction of sp³-hybridized carbons (Fsp3) is 0.579.